The molecule has 2 heterocycles. The number of anilines is 2. The number of piperazine rings is 1. The summed E-state index contributed by atoms with van der Waals surface area (Å²) < 4.78 is 0.966. The zero-order valence-electron chi connectivity index (χ0n) is 12.8. The van der Waals surface area contributed by atoms with Gasteiger partial charge in [-0.15, -0.1) is 0 Å². The lowest BCUT2D eigenvalue weighted by molar-refractivity contribution is -0.129. The first kappa shape index (κ1) is 15.8. The molecule has 1 aromatic carbocycles. The number of hydrogen-bond acceptors (Lipinski definition) is 4. The number of benzene rings is 1. The fourth-order valence-electron chi connectivity index (χ4n) is 2.61. The van der Waals surface area contributed by atoms with Crippen LogP contribution in [0.5, 0.6) is 0 Å². The number of halogens is 1. The van der Waals surface area contributed by atoms with Crippen LogP contribution < -0.4 is 10.2 Å². The molecule has 1 amide bonds. The average Bonchev–Trinajstić information content (AvgIpc) is 2.62. The molecule has 6 heteroatoms. The van der Waals surface area contributed by atoms with Gasteiger partial charge in [-0.3, -0.25) is 4.79 Å². The molecule has 1 aliphatic rings. The minimum Gasteiger partial charge on any atom is -0.375 e. The minimum atomic E-state index is 0.126. The number of carbonyl (C=O) groups excluding carboxylic acids is 1. The van der Waals surface area contributed by atoms with Gasteiger partial charge in [0.1, 0.15) is 5.82 Å². The van der Waals surface area contributed by atoms with Gasteiger partial charge >= 0.3 is 0 Å². The number of aromatic nitrogens is 1. The third-order valence-electron chi connectivity index (χ3n) is 3.91. The summed E-state index contributed by atoms with van der Waals surface area (Å²) in [4.78, 5) is 20.8. The number of carbonyl (C=O) groups is 1. The summed E-state index contributed by atoms with van der Waals surface area (Å²) in [5.74, 6) is 1.10. The van der Waals surface area contributed by atoms with E-state index in [0.29, 0.717) is 6.54 Å². The highest BCUT2D eigenvalue weighted by Crippen LogP contribution is 2.21. The second-order valence-electron chi connectivity index (χ2n) is 5.39. The maximum Gasteiger partial charge on any atom is 0.241 e. The van der Waals surface area contributed by atoms with Gasteiger partial charge < -0.3 is 15.1 Å². The first-order chi connectivity index (χ1) is 11.2. The molecule has 2 aromatic rings. The van der Waals surface area contributed by atoms with Crippen molar-refractivity contribution in [2.24, 2.45) is 0 Å². The van der Waals surface area contributed by atoms with Gasteiger partial charge in [-0.05, 0) is 40.2 Å². The molecule has 3 rings (SSSR count). The average molecular weight is 375 g/mol. The Kier molecular flexibility index (Phi) is 5.12. The van der Waals surface area contributed by atoms with Crippen LogP contribution in [0.15, 0.2) is 53.1 Å². The van der Waals surface area contributed by atoms with Crippen LogP contribution in [-0.2, 0) is 4.79 Å². The molecule has 0 saturated carbocycles. The van der Waals surface area contributed by atoms with Crippen molar-refractivity contribution in [3.05, 3.63) is 53.1 Å². The Bertz CT molecular complexity index is 657. The molecule has 0 atom stereocenters. The van der Waals surface area contributed by atoms with Gasteiger partial charge in [-0.2, -0.15) is 0 Å². The van der Waals surface area contributed by atoms with Crippen molar-refractivity contribution in [2.75, 3.05) is 42.9 Å². The van der Waals surface area contributed by atoms with Gasteiger partial charge in [0.2, 0.25) is 5.91 Å². The van der Waals surface area contributed by atoms with Gasteiger partial charge in [0.15, 0.2) is 0 Å². The summed E-state index contributed by atoms with van der Waals surface area (Å²) in [6.45, 7) is 3.40. The molecule has 0 aliphatic carbocycles. The molecule has 1 N–H and O–H groups in total. The van der Waals surface area contributed by atoms with Gasteiger partial charge in [0.25, 0.3) is 0 Å². The van der Waals surface area contributed by atoms with E-state index in [9.17, 15) is 4.79 Å². The number of pyridine rings is 1. The van der Waals surface area contributed by atoms with E-state index in [1.54, 1.807) is 6.20 Å². The molecular weight excluding hydrogens is 356 g/mol. The Labute approximate surface area is 144 Å². The summed E-state index contributed by atoms with van der Waals surface area (Å²) in [7, 11) is 0. The Morgan fingerprint density at radius 2 is 1.83 bits per heavy atom. The fourth-order valence-corrected chi connectivity index (χ4v) is 3.04. The highest BCUT2D eigenvalue weighted by molar-refractivity contribution is 9.10. The molecule has 5 nitrogen and oxygen atoms in total. The predicted molar refractivity (Wildman–Crippen MR) is 95.7 cm³/mol. The van der Waals surface area contributed by atoms with Crippen molar-refractivity contribution in [1.29, 1.82) is 0 Å². The summed E-state index contributed by atoms with van der Waals surface area (Å²) in [5.41, 5.74) is 0.938. The van der Waals surface area contributed by atoms with Gasteiger partial charge in [-0.25, -0.2) is 4.98 Å². The van der Waals surface area contributed by atoms with Crippen molar-refractivity contribution in [2.45, 2.75) is 0 Å². The van der Waals surface area contributed by atoms with Crippen LogP contribution in [0.25, 0.3) is 0 Å². The number of rotatable bonds is 4. The Morgan fingerprint density at radius 1 is 1.09 bits per heavy atom. The van der Waals surface area contributed by atoms with Crippen LogP contribution in [-0.4, -0.2) is 48.5 Å². The first-order valence-electron chi connectivity index (χ1n) is 7.66. The monoisotopic (exact) mass is 374 g/mol. The van der Waals surface area contributed by atoms with Gasteiger partial charge in [0.05, 0.1) is 6.54 Å². The Morgan fingerprint density at radius 3 is 2.52 bits per heavy atom. The second-order valence-corrected chi connectivity index (χ2v) is 6.24. The Hall–Kier alpha value is -2.08. The van der Waals surface area contributed by atoms with Crippen molar-refractivity contribution in [1.82, 2.24) is 9.88 Å². The third kappa shape index (κ3) is 4.01. The molecule has 0 radical (unpaired) electrons. The summed E-state index contributed by atoms with van der Waals surface area (Å²) >= 11 is 3.48. The molecule has 0 bridgehead atoms. The molecule has 120 valence electrons. The van der Waals surface area contributed by atoms with Crippen molar-refractivity contribution < 1.29 is 4.79 Å². The smallest absolute Gasteiger partial charge is 0.241 e. The summed E-state index contributed by atoms with van der Waals surface area (Å²) in [6, 6.07) is 13.7. The predicted octanol–water partition coefficient (Wildman–Crippen LogP) is 2.60. The van der Waals surface area contributed by atoms with Crippen LogP contribution in [0.1, 0.15) is 0 Å². The fraction of sp³-hybridized carbons (Fsp3) is 0.294. The molecule has 23 heavy (non-hydrogen) atoms. The van der Waals surface area contributed by atoms with E-state index in [0.717, 1.165) is 42.2 Å². The van der Waals surface area contributed by atoms with Crippen LogP contribution in [0.2, 0.25) is 0 Å². The topological polar surface area (TPSA) is 48.5 Å². The number of nitrogens with zero attached hydrogens (tertiary/aromatic N) is 3. The summed E-state index contributed by atoms with van der Waals surface area (Å²) in [6.07, 6.45) is 1.80. The molecule has 1 aliphatic heterocycles. The van der Waals surface area contributed by atoms with Crippen LogP contribution in [0.3, 0.4) is 0 Å². The Balaban J connectivity index is 1.50. The second kappa shape index (κ2) is 7.46. The third-order valence-corrected chi connectivity index (χ3v) is 4.60. The van der Waals surface area contributed by atoms with Crippen LogP contribution in [0.4, 0.5) is 11.5 Å². The molecule has 1 fully saturated rings. The van der Waals surface area contributed by atoms with Crippen molar-refractivity contribution in [3.63, 3.8) is 0 Å². The first-order valence-corrected chi connectivity index (χ1v) is 8.45. The molecular formula is C17H19BrN4O. The lowest BCUT2D eigenvalue weighted by Crippen LogP contribution is -2.50. The maximum atomic E-state index is 12.3. The zero-order chi connectivity index (χ0) is 16.1. The lowest BCUT2D eigenvalue weighted by atomic mass is 10.3. The normalized spacial score (nSPS) is 14.7. The highest BCUT2D eigenvalue weighted by Gasteiger charge is 2.21. The van der Waals surface area contributed by atoms with E-state index in [2.05, 4.69) is 31.1 Å². The SMILES string of the molecule is O=C(CNc1ccccc1Br)N1CCN(c2ccccn2)CC1. The van der Waals surface area contributed by atoms with E-state index in [-0.39, 0.29) is 5.91 Å². The van der Waals surface area contributed by atoms with E-state index in [1.165, 1.54) is 0 Å². The zero-order valence-corrected chi connectivity index (χ0v) is 14.4. The standard InChI is InChI=1S/C17H19BrN4O/c18-14-5-1-2-6-15(14)20-13-17(23)22-11-9-21(10-12-22)16-7-3-4-8-19-16/h1-8,20H,9-13H2. The number of hydrogen-bond donors (Lipinski definition) is 1. The molecule has 0 unspecified atom stereocenters. The maximum absolute atomic E-state index is 12.3. The largest absolute Gasteiger partial charge is 0.375 e. The minimum absolute atomic E-state index is 0.126. The molecule has 1 saturated heterocycles. The number of nitrogens with one attached hydrogen (secondary N) is 1. The highest BCUT2D eigenvalue weighted by atomic mass is 79.9. The molecule has 1 aromatic heterocycles. The number of amides is 1. The van der Waals surface area contributed by atoms with E-state index < -0.39 is 0 Å². The van der Waals surface area contributed by atoms with Crippen LogP contribution >= 0.6 is 15.9 Å². The van der Waals surface area contributed by atoms with Crippen molar-refractivity contribution >= 4 is 33.3 Å². The van der Waals surface area contributed by atoms with Crippen molar-refractivity contribution in [3.8, 4) is 0 Å². The lowest BCUT2D eigenvalue weighted by Gasteiger charge is -2.35. The van der Waals surface area contributed by atoms with E-state index in [4.69, 9.17) is 0 Å². The quantitative estimate of drug-likeness (QED) is 0.893. The number of para-hydroxylation sites is 1. The van der Waals surface area contributed by atoms with E-state index in [1.807, 2.05) is 47.4 Å². The molecule has 0 spiro atoms. The summed E-state index contributed by atoms with van der Waals surface area (Å²) in [5, 5.41) is 3.19. The van der Waals surface area contributed by atoms with Gasteiger partial charge in [0, 0.05) is 42.5 Å². The van der Waals surface area contributed by atoms with E-state index >= 15 is 0 Å². The van der Waals surface area contributed by atoms with Gasteiger partial charge in [-0.1, -0.05) is 18.2 Å². The van der Waals surface area contributed by atoms with Crippen LogP contribution in [0, 0.1) is 0 Å².